The zero-order valence-electron chi connectivity index (χ0n) is 17.8. The van der Waals surface area contributed by atoms with Crippen molar-refractivity contribution in [1.82, 2.24) is 9.21 Å². The molecule has 0 bridgehead atoms. The van der Waals surface area contributed by atoms with Gasteiger partial charge in [-0.15, -0.1) is 0 Å². The van der Waals surface area contributed by atoms with Crippen LogP contribution in [0.1, 0.15) is 12.8 Å². The highest BCUT2D eigenvalue weighted by molar-refractivity contribution is 7.89. The zero-order valence-corrected chi connectivity index (χ0v) is 18.7. The molecule has 1 amide bonds. The summed E-state index contributed by atoms with van der Waals surface area (Å²) in [5, 5.41) is 11.8. The smallest absolute Gasteiger partial charge is 0.293 e. The second-order valence-corrected chi connectivity index (χ2v) is 10.1. The molecule has 0 saturated carbocycles. The van der Waals surface area contributed by atoms with Gasteiger partial charge in [0.2, 0.25) is 15.9 Å². The normalized spacial score (nSPS) is 23.2. The lowest BCUT2D eigenvalue weighted by Crippen LogP contribution is -2.48. The predicted octanol–water partition coefficient (Wildman–Crippen LogP) is 0.691. The van der Waals surface area contributed by atoms with Crippen molar-refractivity contribution in [3.05, 3.63) is 28.3 Å². The van der Waals surface area contributed by atoms with Crippen molar-refractivity contribution in [1.29, 1.82) is 0 Å². The Labute approximate surface area is 187 Å². The summed E-state index contributed by atoms with van der Waals surface area (Å²) in [5.74, 6) is -0.203. The monoisotopic (exact) mass is 468 g/mol. The van der Waals surface area contributed by atoms with Crippen molar-refractivity contribution >= 4 is 27.3 Å². The van der Waals surface area contributed by atoms with Gasteiger partial charge in [-0.2, -0.15) is 4.31 Å². The minimum Gasteiger partial charge on any atom is -0.379 e. The molecule has 0 aromatic heterocycles. The molecule has 0 radical (unpaired) electrons. The molecule has 1 aromatic rings. The van der Waals surface area contributed by atoms with Gasteiger partial charge in [-0.05, 0) is 25.0 Å². The third kappa shape index (κ3) is 4.72. The maximum Gasteiger partial charge on any atom is 0.293 e. The van der Waals surface area contributed by atoms with E-state index in [0.717, 1.165) is 18.9 Å². The second-order valence-electron chi connectivity index (χ2n) is 8.15. The lowest BCUT2D eigenvalue weighted by molar-refractivity contribution is -0.384. The largest absolute Gasteiger partial charge is 0.379 e. The lowest BCUT2D eigenvalue weighted by atomic mass is 9.95. The fourth-order valence-electron chi connectivity index (χ4n) is 4.45. The molecule has 0 spiro atoms. The summed E-state index contributed by atoms with van der Waals surface area (Å²) >= 11 is 0. The van der Waals surface area contributed by atoms with E-state index in [0.29, 0.717) is 58.3 Å². The molecular formula is C20H28N4O7S. The standard InChI is InChI=1S/C20H28N4O7S/c25-20(21-6-10-30-11-7-21)16-2-1-5-22(15-16)18-4-3-17(14-19(18)24(26)27)32(28,29)23-8-12-31-13-9-23/h3-4,14,16H,1-2,5-13,15H2. The average molecular weight is 469 g/mol. The number of hydrogen-bond donors (Lipinski definition) is 0. The Hall–Kier alpha value is -2.28. The van der Waals surface area contributed by atoms with E-state index in [9.17, 15) is 23.3 Å². The van der Waals surface area contributed by atoms with Crippen molar-refractivity contribution in [3.63, 3.8) is 0 Å². The molecule has 3 fully saturated rings. The molecule has 3 heterocycles. The van der Waals surface area contributed by atoms with Crippen LogP contribution in [0.5, 0.6) is 0 Å². The van der Waals surface area contributed by atoms with Crippen LogP contribution in [0, 0.1) is 16.0 Å². The first-order valence-corrected chi connectivity index (χ1v) is 12.3. The Morgan fingerprint density at radius 2 is 1.69 bits per heavy atom. The van der Waals surface area contributed by atoms with E-state index >= 15 is 0 Å². The molecule has 0 N–H and O–H groups in total. The van der Waals surface area contributed by atoms with E-state index in [-0.39, 0.29) is 35.5 Å². The first-order chi connectivity index (χ1) is 15.4. The van der Waals surface area contributed by atoms with Gasteiger partial charge in [0.15, 0.2) is 0 Å². The van der Waals surface area contributed by atoms with Gasteiger partial charge in [0.1, 0.15) is 5.69 Å². The number of nitrogens with zero attached hydrogens (tertiary/aromatic N) is 4. The first kappa shape index (κ1) is 22.9. The van der Waals surface area contributed by atoms with Crippen molar-refractivity contribution in [2.24, 2.45) is 5.92 Å². The SMILES string of the molecule is O=C(C1CCCN(c2ccc(S(=O)(=O)N3CCOCC3)cc2[N+](=O)[O-])C1)N1CCOCC1. The topological polar surface area (TPSA) is 123 Å². The fraction of sp³-hybridized carbons (Fsp3) is 0.650. The van der Waals surface area contributed by atoms with Crippen LogP contribution in [0.2, 0.25) is 0 Å². The molecule has 3 aliphatic heterocycles. The van der Waals surface area contributed by atoms with Gasteiger partial charge in [-0.1, -0.05) is 0 Å². The summed E-state index contributed by atoms with van der Waals surface area (Å²) in [4.78, 5) is 27.7. The van der Waals surface area contributed by atoms with Crippen LogP contribution >= 0.6 is 0 Å². The van der Waals surface area contributed by atoms with Gasteiger partial charge >= 0.3 is 0 Å². The van der Waals surface area contributed by atoms with Crippen LogP contribution in [-0.4, -0.2) is 94.1 Å². The molecule has 1 atom stereocenters. The molecule has 3 aliphatic rings. The number of anilines is 1. The summed E-state index contributed by atoms with van der Waals surface area (Å²) < 4.78 is 37.7. The number of amides is 1. The number of benzene rings is 1. The van der Waals surface area contributed by atoms with E-state index in [2.05, 4.69) is 0 Å². The summed E-state index contributed by atoms with van der Waals surface area (Å²) in [6, 6.07) is 4.04. The molecular weight excluding hydrogens is 440 g/mol. The molecule has 11 nitrogen and oxygen atoms in total. The molecule has 32 heavy (non-hydrogen) atoms. The highest BCUT2D eigenvalue weighted by Crippen LogP contribution is 2.35. The number of carbonyl (C=O) groups excluding carboxylic acids is 1. The number of sulfonamides is 1. The number of nitro benzene ring substituents is 1. The molecule has 1 aromatic carbocycles. The van der Waals surface area contributed by atoms with Crippen LogP contribution in [0.4, 0.5) is 11.4 Å². The highest BCUT2D eigenvalue weighted by atomic mass is 32.2. The number of nitro groups is 1. The van der Waals surface area contributed by atoms with Gasteiger partial charge in [-0.25, -0.2) is 8.42 Å². The number of piperidine rings is 1. The van der Waals surface area contributed by atoms with Crippen molar-refractivity contribution in [2.45, 2.75) is 17.7 Å². The van der Waals surface area contributed by atoms with E-state index in [1.165, 1.54) is 16.4 Å². The van der Waals surface area contributed by atoms with E-state index < -0.39 is 14.9 Å². The minimum absolute atomic E-state index is 0.0483. The van der Waals surface area contributed by atoms with Crippen LogP contribution in [0.3, 0.4) is 0 Å². The van der Waals surface area contributed by atoms with Gasteiger partial charge in [0, 0.05) is 45.3 Å². The number of carbonyl (C=O) groups is 1. The summed E-state index contributed by atoms with van der Waals surface area (Å²) in [5.41, 5.74) is 0.0780. The van der Waals surface area contributed by atoms with Gasteiger partial charge in [0.25, 0.3) is 5.69 Å². The van der Waals surface area contributed by atoms with Gasteiger partial charge in [-0.3, -0.25) is 14.9 Å². The third-order valence-electron chi connectivity index (χ3n) is 6.19. The van der Waals surface area contributed by atoms with E-state index in [1.807, 2.05) is 4.90 Å². The van der Waals surface area contributed by atoms with Crippen LogP contribution in [-0.2, 0) is 24.3 Å². The van der Waals surface area contributed by atoms with Crippen molar-refractivity contribution < 1.29 is 27.6 Å². The fourth-order valence-corrected chi connectivity index (χ4v) is 5.88. The Balaban J connectivity index is 1.56. The Kier molecular flexibility index (Phi) is 6.93. The van der Waals surface area contributed by atoms with Gasteiger partial charge in [0.05, 0.1) is 42.2 Å². The van der Waals surface area contributed by atoms with Crippen LogP contribution in [0.15, 0.2) is 23.1 Å². The van der Waals surface area contributed by atoms with E-state index in [1.54, 1.807) is 4.90 Å². The summed E-state index contributed by atoms with van der Waals surface area (Å²) in [7, 11) is -3.85. The van der Waals surface area contributed by atoms with E-state index in [4.69, 9.17) is 9.47 Å². The maximum absolute atomic E-state index is 12.9. The number of rotatable bonds is 5. The highest BCUT2D eigenvalue weighted by Gasteiger charge is 2.34. The van der Waals surface area contributed by atoms with Crippen LogP contribution < -0.4 is 4.90 Å². The van der Waals surface area contributed by atoms with Crippen molar-refractivity contribution in [2.75, 3.05) is 70.6 Å². The third-order valence-corrected chi connectivity index (χ3v) is 8.08. The van der Waals surface area contributed by atoms with Gasteiger partial charge < -0.3 is 19.3 Å². The number of hydrogen-bond acceptors (Lipinski definition) is 8. The van der Waals surface area contributed by atoms with Crippen molar-refractivity contribution in [3.8, 4) is 0 Å². The number of ether oxygens (including phenoxy) is 2. The lowest BCUT2D eigenvalue weighted by Gasteiger charge is -2.37. The predicted molar refractivity (Wildman–Crippen MR) is 115 cm³/mol. The second kappa shape index (κ2) is 9.69. The molecule has 1 unspecified atom stereocenters. The Bertz CT molecular complexity index is 959. The maximum atomic E-state index is 12.9. The molecule has 3 saturated heterocycles. The summed E-state index contributed by atoms with van der Waals surface area (Å²) in [6.45, 7) is 4.13. The quantitative estimate of drug-likeness (QED) is 0.457. The number of morpholine rings is 2. The zero-order chi connectivity index (χ0) is 22.7. The molecule has 176 valence electrons. The first-order valence-electron chi connectivity index (χ1n) is 10.9. The molecule has 4 rings (SSSR count). The van der Waals surface area contributed by atoms with Crippen LogP contribution in [0.25, 0.3) is 0 Å². The molecule has 0 aliphatic carbocycles. The summed E-state index contributed by atoms with van der Waals surface area (Å²) in [6.07, 6.45) is 1.45. The Morgan fingerprint density at radius 1 is 1.03 bits per heavy atom. The average Bonchev–Trinajstić information content (AvgIpc) is 2.84. The molecule has 12 heteroatoms. The minimum atomic E-state index is -3.85. The Morgan fingerprint density at radius 3 is 2.34 bits per heavy atom.